The first-order valence-electron chi connectivity index (χ1n) is 13.1. The molecule has 0 saturated carbocycles. The fraction of sp³-hybridized carbons (Fsp3) is 0.333. The van der Waals surface area contributed by atoms with Crippen molar-refractivity contribution in [2.75, 3.05) is 27.4 Å². The normalized spacial score (nSPS) is 18.1. The van der Waals surface area contributed by atoms with Gasteiger partial charge in [0.2, 0.25) is 11.6 Å². The number of hydrazone groups is 1. The Hall–Kier alpha value is -2.36. The molecule has 1 aliphatic heterocycles. The third-order valence-corrected chi connectivity index (χ3v) is 8.54. The maximum Gasteiger partial charge on any atom is 0.283 e. The minimum Gasteiger partial charge on any atom is -0.443 e. The quantitative estimate of drug-likeness (QED) is 0.209. The van der Waals surface area contributed by atoms with Gasteiger partial charge in [-0.2, -0.15) is 5.01 Å². The van der Waals surface area contributed by atoms with E-state index >= 15 is 0 Å². The van der Waals surface area contributed by atoms with E-state index in [4.69, 9.17) is 71.4 Å². The van der Waals surface area contributed by atoms with Gasteiger partial charge in [-0.05, 0) is 61.7 Å². The summed E-state index contributed by atoms with van der Waals surface area (Å²) in [6.45, 7) is 0.781. The van der Waals surface area contributed by atoms with Gasteiger partial charge < -0.3 is 19.9 Å². The molecule has 0 spiro atoms. The molecule has 0 fully saturated rings. The van der Waals surface area contributed by atoms with Gasteiger partial charge in [-0.25, -0.2) is 0 Å². The molecule has 4 rings (SSSR count). The number of benzene rings is 3. The van der Waals surface area contributed by atoms with Gasteiger partial charge in [0, 0.05) is 38.4 Å². The highest BCUT2D eigenvalue weighted by molar-refractivity contribution is 6.42. The second-order valence-electron chi connectivity index (χ2n) is 9.55. The Kier molecular flexibility index (Phi) is 10.6. The molecule has 0 bridgehead atoms. The lowest BCUT2D eigenvalue weighted by molar-refractivity contribution is -0.178. The molecule has 1 heterocycles. The second-order valence-corrected chi connectivity index (χ2v) is 11.2. The van der Waals surface area contributed by atoms with E-state index in [2.05, 4.69) is 0 Å². The first kappa shape index (κ1) is 31.6. The molecule has 1 amide bonds. The number of hydrogen-bond donors (Lipinski definition) is 1. The molecule has 3 aromatic carbocycles. The van der Waals surface area contributed by atoms with Gasteiger partial charge in [0.15, 0.2) is 5.60 Å². The van der Waals surface area contributed by atoms with E-state index in [-0.39, 0.29) is 12.3 Å². The first-order valence-corrected chi connectivity index (χ1v) is 14.6. The molecule has 0 aliphatic carbocycles. The summed E-state index contributed by atoms with van der Waals surface area (Å²) in [6, 6.07) is 19.5. The van der Waals surface area contributed by atoms with Gasteiger partial charge in [0.1, 0.15) is 0 Å². The van der Waals surface area contributed by atoms with Gasteiger partial charge in [0.25, 0.3) is 5.91 Å². The van der Waals surface area contributed by atoms with Crippen LogP contribution in [0.1, 0.15) is 42.4 Å². The van der Waals surface area contributed by atoms with Crippen LogP contribution in [-0.4, -0.2) is 44.2 Å². The molecular weight excluding hydrogens is 608 g/mol. The van der Waals surface area contributed by atoms with Crippen LogP contribution >= 0.6 is 46.4 Å². The fourth-order valence-electron chi connectivity index (χ4n) is 4.94. The smallest absolute Gasteiger partial charge is 0.283 e. The Morgan fingerprint density at radius 3 is 2.24 bits per heavy atom. The first-order chi connectivity index (χ1) is 19.7. The van der Waals surface area contributed by atoms with Crippen molar-refractivity contribution in [1.82, 2.24) is 5.01 Å². The van der Waals surface area contributed by atoms with Crippen molar-refractivity contribution in [1.29, 1.82) is 0 Å². The van der Waals surface area contributed by atoms with Crippen molar-refractivity contribution in [2.24, 2.45) is 10.8 Å². The number of nitrogens with two attached hydrogens (primary N) is 1. The zero-order chi connectivity index (χ0) is 29.6. The van der Waals surface area contributed by atoms with Gasteiger partial charge in [-0.1, -0.05) is 82.8 Å². The molecule has 0 aromatic heterocycles. The van der Waals surface area contributed by atoms with Gasteiger partial charge in [0.05, 0.1) is 20.1 Å². The number of ether oxygens (including phenoxy) is 3. The van der Waals surface area contributed by atoms with Crippen LogP contribution in [-0.2, 0) is 30.3 Å². The SMILES string of the molecule is COCCC[C@@](OC)(C(=O)N1N=C(c2ccc(Cl)c(Cl)c2)O[C@@]1(CCCN)c1ccccc1)c1ccc(Cl)c(Cl)c1. The lowest BCUT2D eigenvalue weighted by atomic mass is 9.86. The van der Waals surface area contributed by atoms with Crippen molar-refractivity contribution >= 4 is 58.2 Å². The predicted molar refractivity (Wildman–Crippen MR) is 164 cm³/mol. The summed E-state index contributed by atoms with van der Waals surface area (Å²) in [5.41, 5.74) is 4.93. The molecule has 2 atom stereocenters. The number of amides is 1. The van der Waals surface area contributed by atoms with Crippen molar-refractivity contribution < 1.29 is 19.0 Å². The average Bonchev–Trinajstić information content (AvgIpc) is 3.38. The summed E-state index contributed by atoms with van der Waals surface area (Å²) in [5, 5.41) is 7.52. The van der Waals surface area contributed by atoms with Crippen molar-refractivity contribution in [3.8, 4) is 0 Å². The van der Waals surface area contributed by atoms with E-state index < -0.39 is 17.2 Å². The summed E-state index contributed by atoms with van der Waals surface area (Å²) < 4.78 is 18.1. The fourth-order valence-corrected chi connectivity index (χ4v) is 5.54. The van der Waals surface area contributed by atoms with Gasteiger partial charge in [-0.3, -0.25) is 4.79 Å². The Labute approximate surface area is 260 Å². The minimum atomic E-state index is -1.50. The van der Waals surface area contributed by atoms with Crippen molar-refractivity contribution in [2.45, 2.75) is 37.0 Å². The van der Waals surface area contributed by atoms with E-state index in [9.17, 15) is 4.79 Å². The van der Waals surface area contributed by atoms with Crippen LogP contribution in [0.2, 0.25) is 20.1 Å². The molecule has 218 valence electrons. The number of carbonyl (C=O) groups excluding carboxylic acids is 1. The third-order valence-electron chi connectivity index (χ3n) is 7.06. The molecule has 1 aliphatic rings. The number of methoxy groups -OCH3 is 2. The molecule has 11 heteroatoms. The summed E-state index contributed by atoms with van der Waals surface area (Å²) in [6.07, 6.45) is 1.67. The number of nitrogens with zero attached hydrogens (tertiary/aromatic N) is 2. The third kappa shape index (κ3) is 6.37. The molecule has 0 radical (unpaired) electrons. The van der Waals surface area contributed by atoms with Crippen LogP contribution in [0.25, 0.3) is 0 Å². The highest BCUT2D eigenvalue weighted by atomic mass is 35.5. The summed E-state index contributed by atoms with van der Waals surface area (Å²) in [5.74, 6) is -0.251. The number of hydrogen-bond acceptors (Lipinski definition) is 6. The van der Waals surface area contributed by atoms with Crippen LogP contribution in [0.15, 0.2) is 71.8 Å². The molecular formula is C30H31Cl4N3O4. The Morgan fingerprint density at radius 2 is 1.63 bits per heavy atom. The highest BCUT2D eigenvalue weighted by Gasteiger charge is 2.55. The number of carbonyl (C=O) groups is 1. The monoisotopic (exact) mass is 637 g/mol. The molecule has 7 nitrogen and oxygen atoms in total. The zero-order valence-corrected chi connectivity index (χ0v) is 25.7. The van der Waals surface area contributed by atoms with E-state index in [0.717, 1.165) is 5.56 Å². The molecule has 0 saturated heterocycles. The lowest BCUT2D eigenvalue weighted by Crippen LogP contribution is -2.53. The Morgan fingerprint density at radius 1 is 0.951 bits per heavy atom. The lowest BCUT2D eigenvalue weighted by Gasteiger charge is -2.41. The van der Waals surface area contributed by atoms with E-state index in [0.29, 0.717) is 63.6 Å². The highest BCUT2D eigenvalue weighted by Crippen LogP contribution is 2.45. The summed E-state index contributed by atoms with van der Waals surface area (Å²) in [4.78, 5) is 15.0. The molecule has 3 aromatic rings. The van der Waals surface area contributed by atoms with Crippen LogP contribution in [0, 0.1) is 0 Å². The molecule has 41 heavy (non-hydrogen) atoms. The standard InChI is InChI=1S/C30H31Cl4N3O4/c1-39-17-7-14-29(40-2,22-11-13-24(32)26(34)19-22)28(38)37-30(15-6-16-35,21-8-4-3-5-9-21)41-27(36-37)20-10-12-23(31)25(33)18-20/h3-5,8-13,18-19H,6-7,14-17,35H2,1-2H3/t29-,30-/m0/s1. The van der Waals surface area contributed by atoms with Gasteiger partial charge in [-0.15, -0.1) is 5.10 Å². The maximum atomic E-state index is 15.0. The van der Waals surface area contributed by atoms with E-state index in [1.54, 1.807) is 43.5 Å². The zero-order valence-electron chi connectivity index (χ0n) is 22.7. The van der Waals surface area contributed by atoms with Crippen LogP contribution < -0.4 is 5.73 Å². The molecule has 0 unspecified atom stereocenters. The maximum absolute atomic E-state index is 15.0. The largest absolute Gasteiger partial charge is 0.443 e. The van der Waals surface area contributed by atoms with Gasteiger partial charge >= 0.3 is 0 Å². The topological polar surface area (TPSA) is 86.4 Å². The summed E-state index contributed by atoms with van der Waals surface area (Å²) in [7, 11) is 3.09. The van der Waals surface area contributed by atoms with Crippen molar-refractivity contribution in [3.05, 3.63) is 104 Å². The average molecular weight is 639 g/mol. The number of rotatable bonds is 12. The van der Waals surface area contributed by atoms with Crippen molar-refractivity contribution in [3.63, 3.8) is 0 Å². The van der Waals surface area contributed by atoms with E-state index in [1.165, 1.54) is 12.1 Å². The minimum absolute atomic E-state index is 0.203. The Bertz CT molecular complexity index is 1410. The summed E-state index contributed by atoms with van der Waals surface area (Å²) >= 11 is 25.2. The molecule has 2 N–H and O–H groups in total. The van der Waals surface area contributed by atoms with E-state index in [1.807, 2.05) is 30.3 Å². The second kappa shape index (κ2) is 13.7. The van der Waals surface area contributed by atoms with Crippen LogP contribution in [0.4, 0.5) is 0 Å². The Balaban J connectivity index is 1.94. The predicted octanol–water partition coefficient (Wildman–Crippen LogP) is 7.38. The number of halogens is 4. The van der Waals surface area contributed by atoms with Crippen LogP contribution in [0.5, 0.6) is 0 Å². The van der Waals surface area contributed by atoms with Crippen LogP contribution in [0.3, 0.4) is 0 Å².